The SMILES string of the molecule is CCC(C)NC(=O)C(CC)N(Cc1ccccc1C)C(=O)COc1cc(C)c(Br)c(C)c1. The van der Waals surface area contributed by atoms with Gasteiger partial charge in [-0.25, -0.2) is 0 Å². The molecule has 0 aliphatic rings. The van der Waals surface area contributed by atoms with Crippen LogP contribution in [0.15, 0.2) is 40.9 Å². The van der Waals surface area contributed by atoms with E-state index in [1.165, 1.54) is 0 Å². The van der Waals surface area contributed by atoms with Gasteiger partial charge >= 0.3 is 0 Å². The second-order valence-corrected chi connectivity index (χ2v) is 9.14. The van der Waals surface area contributed by atoms with Crippen LogP contribution in [-0.2, 0) is 16.1 Å². The Morgan fingerprint density at radius 2 is 1.66 bits per heavy atom. The van der Waals surface area contributed by atoms with Crippen molar-refractivity contribution in [1.29, 1.82) is 0 Å². The maximum absolute atomic E-state index is 13.3. The van der Waals surface area contributed by atoms with Gasteiger partial charge in [-0.15, -0.1) is 0 Å². The van der Waals surface area contributed by atoms with Gasteiger partial charge in [-0.1, -0.05) is 54.0 Å². The highest BCUT2D eigenvalue weighted by atomic mass is 79.9. The third-order valence-corrected chi connectivity index (χ3v) is 7.01. The van der Waals surface area contributed by atoms with Gasteiger partial charge in [0.15, 0.2) is 6.61 Å². The summed E-state index contributed by atoms with van der Waals surface area (Å²) in [5.74, 6) is 0.307. The van der Waals surface area contributed by atoms with Crippen molar-refractivity contribution in [3.05, 3.63) is 63.1 Å². The van der Waals surface area contributed by atoms with Gasteiger partial charge in [-0.2, -0.15) is 0 Å². The Labute approximate surface area is 200 Å². The molecule has 0 radical (unpaired) electrons. The molecule has 0 aromatic heterocycles. The zero-order valence-electron chi connectivity index (χ0n) is 20.0. The van der Waals surface area contributed by atoms with Gasteiger partial charge in [0, 0.05) is 17.1 Å². The van der Waals surface area contributed by atoms with Gasteiger partial charge in [-0.3, -0.25) is 9.59 Å². The number of carbonyl (C=O) groups is 2. The van der Waals surface area contributed by atoms with Crippen LogP contribution in [0.25, 0.3) is 0 Å². The predicted octanol–water partition coefficient (Wildman–Crippen LogP) is 5.48. The second-order valence-electron chi connectivity index (χ2n) is 8.35. The van der Waals surface area contributed by atoms with E-state index in [-0.39, 0.29) is 24.5 Å². The zero-order chi connectivity index (χ0) is 23.8. The maximum Gasteiger partial charge on any atom is 0.261 e. The molecule has 2 unspecified atom stereocenters. The number of aryl methyl sites for hydroxylation is 3. The first kappa shape index (κ1) is 25.9. The molecule has 2 aromatic rings. The van der Waals surface area contributed by atoms with Crippen LogP contribution in [0.3, 0.4) is 0 Å². The molecule has 0 aliphatic carbocycles. The van der Waals surface area contributed by atoms with Crippen LogP contribution in [0.2, 0.25) is 0 Å². The molecule has 2 amide bonds. The lowest BCUT2D eigenvalue weighted by Gasteiger charge is -2.31. The highest BCUT2D eigenvalue weighted by molar-refractivity contribution is 9.10. The quantitative estimate of drug-likeness (QED) is 0.468. The molecule has 6 heteroatoms. The molecule has 0 saturated heterocycles. The largest absolute Gasteiger partial charge is 0.484 e. The number of amides is 2. The number of halogens is 1. The van der Waals surface area contributed by atoms with E-state index in [1.807, 2.05) is 77.9 Å². The first-order valence-corrected chi connectivity index (χ1v) is 12.0. The summed E-state index contributed by atoms with van der Waals surface area (Å²) in [5.41, 5.74) is 4.20. The number of hydrogen-bond acceptors (Lipinski definition) is 3. The summed E-state index contributed by atoms with van der Waals surface area (Å²) in [4.78, 5) is 28.0. The number of rotatable bonds is 10. The molecule has 0 spiro atoms. The molecule has 2 aromatic carbocycles. The van der Waals surface area contributed by atoms with E-state index in [0.29, 0.717) is 18.7 Å². The van der Waals surface area contributed by atoms with E-state index < -0.39 is 6.04 Å². The van der Waals surface area contributed by atoms with Gasteiger partial charge < -0.3 is 15.0 Å². The van der Waals surface area contributed by atoms with E-state index in [2.05, 4.69) is 21.2 Å². The van der Waals surface area contributed by atoms with Crippen molar-refractivity contribution in [2.75, 3.05) is 6.61 Å². The Bertz CT molecular complexity index is 921. The fraction of sp³-hybridized carbons (Fsp3) is 0.462. The van der Waals surface area contributed by atoms with Crippen molar-refractivity contribution in [1.82, 2.24) is 10.2 Å². The molecule has 174 valence electrons. The number of nitrogens with zero attached hydrogens (tertiary/aromatic N) is 1. The van der Waals surface area contributed by atoms with E-state index in [1.54, 1.807) is 4.90 Å². The van der Waals surface area contributed by atoms with Crippen molar-refractivity contribution < 1.29 is 14.3 Å². The summed E-state index contributed by atoms with van der Waals surface area (Å²) in [7, 11) is 0. The lowest BCUT2D eigenvalue weighted by atomic mass is 10.1. The number of carbonyl (C=O) groups excluding carboxylic acids is 2. The Balaban J connectivity index is 2.26. The van der Waals surface area contributed by atoms with E-state index in [9.17, 15) is 9.59 Å². The molecule has 5 nitrogen and oxygen atoms in total. The molecular weight excluding hydrogens is 468 g/mol. The molecule has 0 saturated carbocycles. The summed E-state index contributed by atoms with van der Waals surface area (Å²) in [6, 6.07) is 11.2. The summed E-state index contributed by atoms with van der Waals surface area (Å²) in [6.45, 7) is 12.2. The van der Waals surface area contributed by atoms with Crippen LogP contribution in [0.4, 0.5) is 0 Å². The Hall–Kier alpha value is -2.34. The highest BCUT2D eigenvalue weighted by Gasteiger charge is 2.29. The Morgan fingerprint density at radius 1 is 1.03 bits per heavy atom. The van der Waals surface area contributed by atoms with Gasteiger partial charge in [0.1, 0.15) is 11.8 Å². The standard InChI is InChI=1S/C26H35BrN2O3/c1-7-20(6)28-26(31)23(8-2)29(15-21-12-10-9-11-17(21)3)24(30)16-32-22-13-18(4)25(27)19(5)14-22/h9-14,20,23H,7-8,15-16H2,1-6H3,(H,28,31). The molecule has 0 fully saturated rings. The summed E-state index contributed by atoms with van der Waals surface area (Å²) < 4.78 is 6.90. The van der Waals surface area contributed by atoms with E-state index in [4.69, 9.17) is 4.74 Å². The van der Waals surface area contributed by atoms with Gasteiger partial charge in [0.25, 0.3) is 5.91 Å². The summed E-state index contributed by atoms with van der Waals surface area (Å²) in [6.07, 6.45) is 1.36. The highest BCUT2D eigenvalue weighted by Crippen LogP contribution is 2.26. The van der Waals surface area contributed by atoms with Crippen LogP contribution >= 0.6 is 15.9 Å². The zero-order valence-corrected chi connectivity index (χ0v) is 21.6. The van der Waals surface area contributed by atoms with Crippen molar-refractivity contribution in [3.8, 4) is 5.75 Å². The fourth-order valence-electron chi connectivity index (χ4n) is 3.55. The molecule has 2 atom stereocenters. The molecule has 0 aliphatic heterocycles. The predicted molar refractivity (Wildman–Crippen MR) is 133 cm³/mol. The number of nitrogens with one attached hydrogen (secondary N) is 1. The van der Waals surface area contributed by atoms with Crippen LogP contribution in [0, 0.1) is 20.8 Å². The minimum Gasteiger partial charge on any atom is -0.484 e. The van der Waals surface area contributed by atoms with Crippen LogP contribution in [-0.4, -0.2) is 35.4 Å². The molecule has 32 heavy (non-hydrogen) atoms. The van der Waals surface area contributed by atoms with Crippen molar-refractivity contribution >= 4 is 27.7 Å². The molecule has 0 heterocycles. The fourth-order valence-corrected chi connectivity index (χ4v) is 3.78. The minimum absolute atomic E-state index is 0.0527. The molecule has 1 N–H and O–H groups in total. The average molecular weight is 503 g/mol. The summed E-state index contributed by atoms with van der Waals surface area (Å²) in [5, 5.41) is 3.03. The molecular formula is C26H35BrN2O3. The van der Waals surface area contributed by atoms with Gasteiger partial charge in [0.05, 0.1) is 0 Å². The molecule has 2 rings (SSSR count). The van der Waals surface area contributed by atoms with Crippen molar-refractivity contribution in [2.45, 2.75) is 73.0 Å². The average Bonchev–Trinajstić information content (AvgIpc) is 2.76. The minimum atomic E-state index is -0.562. The Morgan fingerprint density at radius 3 is 2.22 bits per heavy atom. The van der Waals surface area contributed by atoms with Crippen LogP contribution in [0.5, 0.6) is 5.75 Å². The first-order chi connectivity index (χ1) is 15.2. The third kappa shape index (κ3) is 6.83. The number of ether oxygens (including phenoxy) is 1. The lowest BCUT2D eigenvalue weighted by Crippen LogP contribution is -2.51. The smallest absolute Gasteiger partial charge is 0.261 e. The topological polar surface area (TPSA) is 58.6 Å². The van der Waals surface area contributed by atoms with Crippen LogP contribution < -0.4 is 10.1 Å². The number of hydrogen-bond donors (Lipinski definition) is 1. The van der Waals surface area contributed by atoms with E-state index in [0.717, 1.165) is 33.1 Å². The monoisotopic (exact) mass is 502 g/mol. The van der Waals surface area contributed by atoms with Crippen molar-refractivity contribution in [3.63, 3.8) is 0 Å². The van der Waals surface area contributed by atoms with Crippen molar-refractivity contribution in [2.24, 2.45) is 0 Å². The van der Waals surface area contributed by atoms with Crippen LogP contribution in [0.1, 0.15) is 55.9 Å². The van der Waals surface area contributed by atoms with E-state index >= 15 is 0 Å². The first-order valence-electron chi connectivity index (χ1n) is 11.2. The number of benzene rings is 2. The molecule has 0 bridgehead atoms. The lowest BCUT2D eigenvalue weighted by molar-refractivity contribution is -0.143. The van der Waals surface area contributed by atoms with Gasteiger partial charge in [0.2, 0.25) is 5.91 Å². The van der Waals surface area contributed by atoms with Gasteiger partial charge in [-0.05, 0) is 74.9 Å². The third-order valence-electron chi connectivity index (χ3n) is 5.76. The maximum atomic E-state index is 13.3. The second kappa shape index (κ2) is 12.0. The summed E-state index contributed by atoms with van der Waals surface area (Å²) >= 11 is 3.55. The Kier molecular flexibility index (Phi) is 9.76. The normalized spacial score (nSPS) is 12.7.